The highest BCUT2D eigenvalue weighted by Crippen LogP contribution is 2.44. The van der Waals surface area contributed by atoms with Gasteiger partial charge in [-0.2, -0.15) is 0 Å². The van der Waals surface area contributed by atoms with Crippen molar-refractivity contribution in [3.63, 3.8) is 0 Å². The Morgan fingerprint density at radius 1 is 1.21 bits per heavy atom. The fourth-order valence-electron chi connectivity index (χ4n) is 4.31. The van der Waals surface area contributed by atoms with Gasteiger partial charge >= 0.3 is 0 Å². The number of ether oxygens (including phenoxy) is 2. The molecule has 0 aliphatic carbocycles. The van der Waals surface area contributed by atoms with Gasteiger partial charge in [-0.15, -0.1) is 0 Å². The molecular formula is C23H31NO4. The first-order valence-corrected chi connectivity index (χ1v) is 9.90. The third-order valence-electron chi connectivity index (χ3n) is 5.77. The summed E-state index contributed by atoms with van der Waals surface area (Å²) in [5, 5.41) is 0. The third kappa shape index (κ3) is 4.76. The molecule has 0 N–H and O–H groups in total. The predicted octanol–water partition coefficient (Wildman–Crippen LogP) is 4.55. The van der Waals surface area contributed by atoms with Gasteiger partial charge in [0.05, 0.1) is 25.5 Å². The molecule has 1 aromatic heterocycles. The maximum atomic E-state index is 12.2. The van der Waals surface area contributed by atoms with Gasteiger partial charge in [0.2, 0.25) is 5.91 Å². The topological polar surface area (TPSA) is 51.9 Å². The quantitative estimate of drug-likeness (QED) is 0.701. The van der Waals surface area contributed by atoms with Gasteiger partial charge in [0.25, 0.3) is 0 Å². The standard InChI is InChI=1S/C23H31NO4/c1-18(25)24(16-21-6-5-14-27-21)13-11-23(12-15-28-22(2,3)17-23)19-7-9-20(26-4)10-8-19/h5-10,14H,11-13,15-17H2,1-4H3/t23-/m0/s1. The average molecular weight is 386 g/mol. The molecule has 1 aromatic carbocycles. The SMILES string of the molecule is COc1ccc([C@@]2(CCN(Cc3ccco3)C(C)=O)CCOC(C)(C)C2)cc1. The van der Waals surface area contributed by atoms with Crippen molar-refractivity contribution in [2.75, 3.05) is 20.3 Å². The number of carbonyl (C=O) groups is 1. The first-order valence-electron chi connectivity index (χ1n) is 9.90. The van der Waals surface area contributed by atoms with E-state index in [1.807, 2.05) is 29.2 Å². The molecule has 0 spiro atoms. The molecule has 1 fully saturated rings. The average Bonchev–Trinajstić information content (AvgIpc) is 3.17. The number of benzene rings is 1. The number of nitrogens with zero attached hydrogens (tertiary/aromatic N) is 1. The molecule has 1 saturated heterocycles. The minimum absolute atomic E-state index is 0.0368. The van der Waals surface area contributed by atoms with E-state index in [0.29, 0.717) is 13.1 Å². The van der Waals surface area contributed by atoms with Gasteiger partial charge in [-0.1, -0.05) is 12.1 Å². The summed E-state index contributed by atoms with van der Waals surface area (Å²) in [7, 11) is 1.68. The fourth-order valence-corrected chi connectivity index (χ4v) is 4.31. The summed E-state index contributed by atoms with van der Waals surface area (Å²) in [5.41, 5.74) is 1.05. The van der Waals surface area contributed by atoms with Crippen LogP contribution in [0.15, 0.2) is 47.1 Å². The zero-order valence-electron chi connectivity index (χ0n) is 17.4. The van der Waals surface area contributed by atoms with E-state index in [2.05, 4.69) is 26.0 Å². The molecule has 1 aliphatic heterocycles. The largest absolute Gasteiger partial charge is 0.497 e. The molecule has 0 unspecified atom stereocenters. The highest BCUT2D eigenvalue weighted by molar-refractivity contribution is 5.73. The summed E-state index contributed by atoms with van der Waals surface area (Å²) in [6.45, 7) is 7.82. The Morgan fingerprint density at radius 3 is 2.54 bits per heavy atom. The molecule has 5 nitrogen and oxygen atoms in total. The Labute approximate surface area is 167 Å². The lowest BCUT2D eigenvalue weighted by Gasteiger charge is -2.46. The Morgan fingerprint density at radius 2 is 1.96 bits per heavy atom. The van der Waals surface area contributed by atoms with E-state index in [0.717, 1.165) is 37.4 Å². The smallest absolute Gasteiger partial charge is 0.219 e. The molecule has 0 saturated carbocycles. The van der Waals surface area contributed by atoms with Crippen molar-refractivity contribution in [3.8, 4) is 5.75 Å². The van der Waals surface area contributed by atoms with Crippen molar-refractivity contribution in [2.24, 2.45) is 0 Å². The van der Waals surface area contributed by atoms with Crippen LogP contribution in [0.4, 0.5) is 0 Å². The van der Waals surface area contributed by atoms with Gasteiger partial charge in [0.15, 0.2) is 0 Å². The molecule has 3 rings (SSSR count). The first kappa shape index (κ1) is 20.5. The second-order valence-corrected chi connectivity index (χ2v) is 8.31. The van der Waals surface area contributed by atoms with Crippen molar-refractivity contribution in [3.05, 3.63) is 54.0 Å². The number of furan rings is 1. The van der Waals surface area contributed by atoms with Crippen LogP contribution in [0.2, 0.25) is 0 Å². The van der Waals surface area contributed by atoms with Gasteiger partial charge in [-0.25, -0.2) is 0 Å². The number of amides is 1. The van der Waals surface area contributed by atoms with E-state index >= 15 is 0 Å². The number of carbonyl (C=O) groups excluding carboxylic acids is 1. The maximum Gasteiger partial charge on any atom is 0.219 e. The Balaban J connectivity index is 1.82. The molecule has 152 valence electrons. The lowest BCUT2D eigenvalue weighted by molar-refractivity contribution is -0.130. The van der Waals surface area contributed by atoms with E-state index < -0.39 is 0 Å². The van der Waals surface area contributed by atoms with Gasteiger partial charge in [-0.05, 0) is 62.9 Å². The van der Waals surface area contributed by atoms with Gasteiger partial charge < -0.3 is 18.8 Å². The molecule has 0 radical (unpaired) electrons. The number of rotatable bonds is 7. The van der Waals surface area contributed by atoms with Crippen molar-refractivity contribution >= 4 is 5.91 Å². The Bertz CT molecular complexity index is 766. The maximum absolute atomic E-state index is 12.2. The van der Waals surface area contributed by atoms with Crippen LogP contribution in [0.5, 0.6) is 5.75 Å². The highest BCUT2D eigenvalue weighted by Gasteiger charge is 2.42. The van der Waals surface area contributed by atoms with Gasteiger partial charge in [0.1, 0.15) is 11.5 Å². The van der Waals surface area contributed by atoms with Crippen LogP contribution in [0.25, 0.3) is 0 Å². The van der Waals surface area contributed by atoms with E-state index in [1.54, 1.807) is 20.3 Å². The summed E-state index contributed by atoms with van der Waals surface area (Å²) in [6.07, 6.45) is 4.38. The summed E-state index contributed by atoms with van der Waals surface area (Å²) < 4.78 is 16.8. The Kier molecular flexibility index (Phi) is 6.14. The van der Waals surface area contributed by atoms with Crippen molar-refractivity contribution < 1.29 is 18.7 Å². The second kappa shape index (κ2) is 8.39. The number of hydrogen-bond acceptors (Lipinski definition) is 4. The first-order chi connectivity index (χ1) is 13.3. The van der Waals surface area contributed by atoms with Crippen LogP contribution in [0, 0.1) is 0 Å². The van der Waals surface area contributed by atoms with Gasteiger partial charge in [-0.3, -0.25) is 4.79 Å². The van der Waals surface area contributed by atoms with Crippen molar-refractivity contribution in [2.45, 2.75) is 57.6 Å². The molecule has 2 aromatic rings. The molecule has 1 aliphatic rings. The van der Waals surface area contributed by atoms with E-state index in [4.69, 9.17) is 13.9 Å². The monoisotopic (exact) mass is 385 g/mol. The molecule has 2 heterocycles. The summed E-state index contributed by atoms with van der Waals surface area (Å²) >= 11 is 0. The summed E-state index contributed by atoms with van der Waals surface area (Å²) in [5.74, 6) is 1.72. The minimum Gasteiger partial charge on any atom is -0.497 e. The molecule has 5 heteroatoms. The number of hydrogen-bond donors (Lipinski definition) is 0. The normalized spacial score (nSPS) is 21.3. The molecule has 1 amide bonds. The lowest BCUT2D eigenvalue weighted by Crippen LogP contribution is -2.46. The molecule has 28 heavy (non-hydrogen) atoms. The fraction of sp³-hybridized carbons (Fsp3) is 0.522. The second-order valence-electron chi connectivity index (χ2n) is 8.31. The van der Waals surface area contributed by atoms with Crippen LogP contribution in [0.1, 0.15) is 51.4 Å². The zero-order valence-corrected chi connectivity index (χ0v) is 17.4. The summed E-state index contributed by atoms with van der Waals surface area (Å²) in [6, 6.07) is 12.1. The van der Waals surface area contributed by atoms with Crippen LogP contribution >= 0.6 is 0 Å². The van der Waals surface area contributed by atoms with E-state index in [9.17, 15) is 4.79 Å². The minimum atomic E-state index is -0.194. The summed E-state index contributed by atoms with van der Waals surface area (Å²) in [4.78, 5) is 14.1. The number of methoxy groups -OCH3 is 1. The Hall–Kier alpha value is -2.27. The predicted molar refractivity (Wildman–Crippen MR) is 108 cm³/mol. The molecule has 0 bridgehead atoms. The van der Waals surface area contributed by atoms with Crippen molar-refractivity contribution in [1.29, 1.82) is 0 Å². The van der Waals surface area contributed by atoms with E-state index in [1.165, 1.54) is 5.56 Å². The lowest BCUT2D eigenvalue weighted by atomic mass is 9.67. The third-order valence-corrected chi connectivity index (χ3v) is 5.77. The van der Waals surface area contributed by atoms with Crippen molar-refractivity contribution in [1.82, 2.24) is 4.90 Å². The van der Waals surface area contributed by atoms with E-state index in [-0.39, 0.29) is 16.9 Å². The van der Waals surface area contributed by atoms with Crippen LogP contribution in [-0.4, -0.2) is 36.7 Å². The van der Waals surface area contributed by atoms with Gasteiger partial charge in [0, 0.05) is 25.5 Å². The van der Waals surface area contributed by atoms with Crippen LogP contribution in [0.3, 0.4) is 0 Å². The van der Waals surface area contributed by atoms with Crippen LogP contribution < -0.4 is 4.74 Å². The highest BCUT2D eigenvalue weighted by atomic mass is 16.5. The zero-order chi connectivity index (χ0) is 20.2. The molecule has 1 atom stereocenters. The van der Waals surface area contributed by atoms with Crippen LogP contribution in [-0.2, 0) is 21.5 Å². The molecular weight excluding hydrogens is 354 g/mol.